The monoisotopic (exact) mass is 321 g/mol. The molecular weight excluding hydrogens is 310 g/mol. The Balaban J connectivity index is 2.25. The highest BCUT2D eigenvalue weighted by Gasteiger charge is 2.09. The third-order valence-electron chi connectivity index (χ3n) is 2.67. The lowest BCUT2D eigenvalue weighted by Crippen LogP contribution is -2.20. The third kappa shape index (κ3) is 3.08. The van der Waals surface area contributed by atoms with Gasteiger partial charge >= 0.3 is 0 Å². The molecule has 1 N–H and O–H groups in total. The smallest absolute Gasteiger partial charge is 0.255 e. The molecule has 0 aliphatic carbocycles. The maximum Gasteiger partial charge on any atom is 0.255 e. The number of aromatic nitrogens is 2. The summed E-state index contributed by atoms with van der Waals surface area (Å²) in [5, 5.41) is 2.73. The largest absolute Gasteiger partial charge is 0.320 e. The number of halogens is 1. The van der Waals surface area contributed by atoms with Gasteiger partial charge in [-0.25, -0.2) is 4.98 Å². The van der Waals surface area contributed by atoms with Crippen molar-refractivity contribution in [3.8, 4) is 0 Å². The van der Waals surface area contributed by atoms with Crippen molar-refractivity contribution in [2.45, 2.75) is 6.92 Å². The van der Waals surface area contributed by atoms with Gasteiger partial charge in [-0.2, -0.15) is 0 Å². The molecule has 0 atom stereocenters. The van der Waals surface area contributed by atoms with Crippen molar-refractivity contribution in [2.75, 3.05) is 5.32 Å². The van der Waals surface area contributed by atoms with Crippen LogP contribution in [0.15, 0.2) is 39.9 Å². The average Bonchev–Trinajstić information content (AvgIpc) is 2.36. The minimum Gasteiger partial charge on any atom is -0.320 e. The predicted octanol–water partition coefficient (Wildman–Crippen LogP) is 2.10. The van der Waals surface area contributed by atoms with Crippen molar-refractivity contribution in [3.05, 3.63) is 56.7 Å². The van der Waals surface area contributed by atoms with Gasteiger partial charge in [0.2, 0.25) is 0 Å². The Morgan fingerprint density at radius 2 is 2.11 bits per heavy atom. The van der Waals surface area contributed by atoms with Gasteiger partial charge in [-0.15, -0.1) is 0 Å². The average molecular weight is 322 g/mol. The van der Waals surface area contributed by atoms with Crippen LogP contribution in [0, 0.1) is 6.92 Å². The standard InChI is InChI=1S/C13H12BrN3O2/c1-8-10(3-4-11(14)15-8)16-13(19)9-5-6-17(2)12(18)7-9/h3-7H,1-2H3,(H,16,19). The van der Waals surface area contributed by atoms with E-state index in [2.05, 4.69) is 26.2 Å². The van der Waals surface area contributed by atoms with Gasteiger partial charge in [0.1, 0.15) is 4.60 Å². The second-order valence-electron chi connectivity index (χ2n) is 4.09. The Morgan fingerprint density at radius 1 is 1.37 bits per heavy atom. The van der Waals surface area contributed by atoms with Gasteiger partial charge in [0.15, 0.2) is 0 Å². The first-order valence-electron chi connectivity index (χ1n) is 5.58. The van der Waals surface area contributed by atoms with E-state index in [1.54, 1.807) is 38.4 Å². The lowest BCUT2D eigenvalue weighted by molar-refractivity contribution is 0.102. The summed E-state index contributed by atoms with van der Waals surface area (Å²) in [5.41, 5.74) is 1.42. The molecule has 0 saturated heterocycles. The van der Waals surface area contributed by atoms with Crippen LogP contribution < -0.4 is 10.9 Å². The normalized spacial score (nSPS) is 10.3. The second-order valence-corrected chi connectivity index (χ2v) is 4.90. The van der Waals surface area contributed by atoms with Crippen LogP contribution in [-0.2, 0) is 7.05 Å². The summed E-state index contributed by atoms with van der Waals surface area (Å²) in [5.74, 6) is -0.329. The van der Waals surface area contributed by atoms with E-state index in [4.69, 9.17) is 0 Å². The van der Waals surface area contributed by atoms with E-state index in [-0.39, 0.29) is 11.5 Å². The van der Waals surface area contributed by atoms with E-state index in [1.165, 1.54) is 10.6 Å². The molecule has 2 rings (SSSR count). The number of amides is 1. The molecule has 2 heterocycles. The van der Waals surface area contributed by atoms with E-state index in [0.29, 0.717) is 21.5 Å². The first-order valence-corrected chi connectivity index (χ1v) is 6.38. The zero-order chi connectivity index (χ0) is 14.0. The number of hydrogen-bond acceptors (Lipinski definition) is 3. The number of carbonyl (C=O) groups is 1. The molecule has 0 unspecified atom stereocenters. The van der Waals surface area contributed by atoms with E-state index < -0.39 is 0 Å². The van der Waals surface area contributed by atoms with Crippen molar-refractivity contribution < 1.29 is 4.79 Å². The van der Waals surface area contributed by atoms with Gasteiger partial charge in [0.25, 0.3) is 11.5 Å². The molecule has 19 heavy (non-hydrogen) atoms. The summed E-state index contributed by atoms with van der Waals surface area (Å²) >= 11 is 3.26. The molecule has 0 aliphatic heterocycles. The molecule has 98 valence electrons. The van der Waals surface area contributed by atoms with Crippen molar-refractivity contribution in [1.29, 1.82) is 0 Å². The maximum atomic E-state index is 12.0. The van der Waals surface area contributed by atoms with Crippen LogP contribution in [0.4, 0.5) is 5.69 Å². The van der Waals surface area contributed by atoms with Gasteiger partial charge < -0.3 is 9.88 Å². The van der Waals surface area contributed by atoms with Crippen LogP contribution in [0.3, 0.4) is 0 Å². The number of anilines is 1. The van der Waals surface area contributed by atoms with Crippen molar-refractivity contribution in [3.63, 3.8) is 0 Å². The Hall–Kier alpha value is -1.95. The highest BCUT2D eigenvalue weighted by atomic mass is 79.9. The summed E-state index contributed by atoms with van der Waals surface area (Å²) < 4.78 is 2.11. The summed E-state index contributed by atoms with van der Waals surface area (Å²) in [7, 11) is 1.63. The van der Waals surface area contributed by atoms with Crippen LogP contribution in [0.2, 0.25) is 0 Å². The van der Waals surface area contributed by atoms with Crippen LogP contribution in [0.5, 0.6) is 0 Å². The molecular formula is C13H12BrN3O2. The van der Waals surface area contributed by atoms with Crippen molar-refractivity contribution >= 4 is 27.5 Å². The Bertz CT molecular complexity index is 695. The van der Waals surface area contributed by atoms with Gasteiger partial charge in [0, 0.05) is 24.9 Å². The fraction of sp³-hybridized carbons (Fsp3) is 0.154. The fourth-order valence-electron chi connectivity index (χ4n) is 1.55. The fourth-order valence-corrected chi connectivity index (χ4v) is 1.94. The van der Waals surface area contributed by atoms with E-state index in [1.807, 2.05) is 0 Å². The quantitative estimate of drug-likeness (QED) is 0.861. The number of nitrogens with zero attached hydrogens (tertiary/aromatic N) is 2. The zero-order valence-electron chi connectivity index (χ0n) is 10.5. The first-order chi connectivity index (χ1) is 8.97. The molecule has 2 aromatic rings. The second kappa shape index (κ2) is 5.36. The molecule has 0 aromatic carbocycles. The van der Waals surface area contributed by atoms with Gasteiger partial charge in [-0.3, -0.25) is 9.59 Å². The molecule has 0 fully saturated rings. The Morgan fingerprint density at radius 3 is 2.74 bits per heavy atom. The molecule has 0 bridgehead atoms. The van der Waals surface area contributed by atoms with Crippen LogP contribution in [-0.4, -0.2) is 15.5 Å². The SMILES string of the molecule is Cc1nc(Br)ccc1NC(=O)c1ccn(C)c(=O)c1. The van der Waals surface area contributed by atoms with E-state index >= 15 is 0 Å². The third-order valence-corrected chi connectivity index (χ3v) is 3.11. The van der Waals surface area contributed by atoms with Crippen molar-refractivity contribution in [2.24, 2.45) is 7.05 Å². The summed E-state index contributed by atoms with van der Waals surface area (Å²) in [6, 6.07) is 6.40. The molecule has 0 aliphatic rings. The number of nitrogens with one attached hydrogen (secondary N) is 1. The lowest BCUT2D eigenvalue weighted by atomic mass is 10.2. The molecule has 0 spiro atoms. The zero-order valence-corrected chi connectivity index (χ0v) is 12.1. The first kappa shape index (κ1) is 13.5. The lowest BCUT2D eigenvalue weighted by Gasteiger charge is -2.08. The minimum absolute atomic E-state index is 0.224. The van der Waals surface area contributed by atoms with E-state index in [0.717, 1.165) is 0 Å². The van der Waals surface area contributed by atoms with Gasteiger partial charge in [0.05, 0.1) is 11.4 Å². The highest BCUT2D eigenvalue weighted by Crippen LogP contribution is 2.16. The molecule has 1 amide bonds. The molecule has 6 heteroatoms. The summed E-state index contributed by atoms with van der Waals surface area (Å²) in [4.78, 5) is 27.7. The Labute approximate surface area is 118 Å². The summed E-state index contributed by atoms with van der Waals surface area (Å²) in [6.45, 7) is 1.80. The molecule has 5 nitrogen and oxygen atoms in total. The number of hydrogen-bond donors (Lipinski definition) is 1. The number of aryl methyl sites for hydroxylation is 2. The van der Waals surface area contributed by atoms with Gasteiger partial charge in [-0.05, 0) is 41.1 Å². The number of carbonyl (C=O) groups excluding carboxylic acids is 1. The summed E-state index contributed by atoms with van der Waals surface area (Å²) in [6.07, 6.45) is 1.56. The molecule has 0 radical (unpaired) electrons. The minimum atomic E-state index is -0.329. The van der Waals surface area contributed by atoms with Gasteiger partial charge in [-0.1, -0.05) is 0 Å². The van der Waals surface area contributed by atoms with Crippen LogP contribution >= 0.6 is 15.9 Å². The molecule has 0 saturated carbocycles. The Kier molecular flexibility index (Phi) is 3.80. The number of rotatable bonds is 2. The predicted molar refractivity (Wildman–Crippen MR) is 76.3 cm³/mol. The van der Waals surface area contributed by atoms with Crippen molar-refractivity contribution in [1.82, 2.24) is 9.55 Å². The maximum absolute atomic E-state index is 12.0. The topological polar surface area (TPSA) is 64.0 Å². The molecule has 2 aromatic heterocycles. The van der Waals surface area contributed by atoms with E-state index in [9.17, 15) is 9.59 Å². The van der Waals surface area contributed by atoms with Crippen LogP contribution in [0.1, 0.15) is 16.1 Å². The number of pyridine rings is 2. The van der Waals surface area contributed by atoms with Crippen LogP contribution in [0.25, 0.3) is 0 Å². The highest BCUT2D eigenvalue weighted by molar-refractivity contribution is 9.10.